The summed E-state index contributed by atoms with van der Waals surface area (Å²) in [6.07, 6.45) is 5.56. The van der Waals surface area contributed by atoms with Gasteiger partial charge in [-0.15, -0.1) is 0 Å². The Morgan fingerprint density at radius 2 is 1.81 bits per heavy atom. The quantitative estimate of drug-likeness (QED) is 0.776. The molecule has 1 saturated heterocycles. The minimum Gasteiger partial charge on any atom is -0.342 e. The summed E-state index contributed by atoms with van der Waals surface area (Å²) in [6, 6.07) is 9.30. The number of nitrogens with one attached hydrogen (secondary N) is 2. The number of para-hydroxylation sites is 1. The number of likely N-dealkylation sites (tertiary alicyclic amines) is 1. The molecule has 2 unspecified atom stereocenters. The van der Waals surface area contributed by atoms with E-state index in [2.05, 4.69) is 10.6 Å². The van der Waals surface area contributed by atoms with Crippen LogP contribution in [0, 0.1) is 5.92 Å². The van der Waals surface area contributed by atoms with Gasteiger partial charge in [-0.3, -0.25) is 4.79 Å². The Labute approximate surface area is 155 Å². The summed E-state index contributed by atoms with van der Waals surface area (Å²) < 4.78 is 0. The predicted molar refractivity (Wildman–Crippen MR) is 103 cm³/mol. The van der Waals surface area contributed by atoms with Crippen LogP contribution in [-0.2, 0) is 4.79 Å². The molecular formula is C20H30N4O2. The van der Waals surface area contributed by atoms with Crippen molar-refractivity contribution < 1.29 is 9.59 Å². The van der Waals surface area contributed by atoms with Crippen molar-refractivity contribution >= 4 is 17.6 Å². The molecule has 0 aromatic heterocycles. The molecule has 1 aromatic rings. The third-order valence-electron chi connectivity index (χ3n) is 5.73. The van der Waals surface area contributed by atoms with Gasteiger partial charge in [-0.05, 0) is 44.7 Å². The second kappa shape index (κ2) is 8.08. The van der Waals surface area contributed by atoms with Gasteiger partial charge in [0.25, 0.3) is 0 Å². The fourth-order valence-electron chi connectivity index (χ4n) is 4.10. The number of hydrogen-bond donors (Lipinski definition) is 3. The van der Waals surface area contributed by atoms with Gasteiger partial charge in [0.05, 0.1) is 5.92 Å². The maximum atomic E-state index is 12.9. The average Bonchev–Trinajstić information content (AvgIpc) is 2.62. The van der Waals surface area contributed by atoms with Crippen molar-refractivity contribution in [3.63, 3.8) is 0 Å². The Balaban J connectivity index is 1.46. The summed E-state index contributed by atoms with van der Waals surface area (Å²) >= 11 is 0. The highest BCUT2D eigenvalue weighted by Gasteiger charge is 2.40. The lowest BCUT2D eigenvalue weighted by molar-refractivity contribution is -0.140. The number of nitrogens with zero attached hydrogens (tertiary/aromatic N) is 1. The lowest BCUT2D eigenvalue weighted by Gasteiger charge is -2.41. The smallest absolute Gasteiger partial charge is 0.319 e. The van der Waals surface area contributed by atoms with E-state index in [-0.39, 0.29) is 29.4 Å². The van der Waals surface area contributed by atoms with E-state index in [1.165, 1.54) is 0 Å². The molecule has 3 amide bonds. The molecule has 142 valence electrons. The molecule has 0 spiro atoms. The van der Waals surface area contributed by atoms with E-state index in [9.17, 15) is 9.59 Å². The second-order valence-electron chi connectivity index (χ2n) is 7.87. The lowest BCUT2D eigenvalue weighted by atomic mass is 9.74. The lowest BCUT2D eigenvalue weighted by Crippen LogP contribution is -2.56. The van der Waals surface area contributed by atoms with Crippen molar-refractivity contribution in [3.05, 3.63) is 30.3 Å². The minimum atomic E-state index is -0.389. The number of urea groups is 1. The number of benzene rings is 1. The van der Waals surface area contributed by atoms with Crippen LogP contribution in [0.2, 0.25) is 0 Å². The molecule has 4 N–H and O–H groups in total. The topological polar surface area (TPSA) is 87.5 Å². The molecule has 2 atom stereocenters. The molecule has 6 nitrogen and oxygen atoms in total. The van der Waals surface area contributed by atoms with Crippen molar-refractivity contribution in [1.29, 1.82) is 0 Å². The number of carbonyl (C=O) groups is 2. The molecular weight excluding hydrogens is 328 g/mol. The zero-order valence-electron chi connectivity index (χ0n) is 15.5. The van der Waals surface area contributed by atoms with Crippen molar-refractivity contribution in [1.82, 2.24) is 10.2 Å². The summed E-state index contributed by atoms with van der Waals surface area (Å²) in [7, 11) is 0. The first-order chi connectivity index (χ1) is 12.5. The number of rotatable bonds is 3. The molecule has 1 saturated carbocycles. The predicted octanol–water partition coefficient (Wildman–Crippen LogP) is 2.71. The molecule has 0 radical (unpaired) electrons. The number of anilines is 1. The monoisotopic (exact) mass is 358 g/mol. The first-order valence-electron chi connectivity index (χ1n) is 9.66. The van der Waals surface area contributed by atoms with Gasteiger partial charge in [0.1, 0.15) is 0 Å². The van der Waals surface area contributed by atoms with Gasteiger partial charge in [-0.1, -0.05) is 31.0 Å². The number of carbonyl (C=O) groups excluding carboxylic acids is 2. The first-order valence-corrected chi connectivity index (χ1v) is 9.66. The molecule has 0 bridgehead atoms. The zero-order chi connectivity index (χ0) is 18.6. The third kappa shape index (κ3) is 4.55. The molecule has 1 heterocycles. The Morgan fingerprint density at radius 1 is 1.12 bits per heavy atom. The molecule has 3 rings (SSSR count). The van der Waals surface area contributed by atoms with Gasteiger partial charge < -0.3 is 21.3 Å². The van der Waals surface area contributed by atoms with Crippen LogP contribution in [0.15, 0.2) is 30.3 Å². The Morgan fingerprint density at radius 3 is 2.46 bits per heavy atom. The average molecular weight is 358 g/mol. The fourth-order valence-corrected chi connectivity index (χ4v) is 4.10. The van der Waals surface area contributed by atoms with Crippen LogP contribution in [0.1, 0.15) is 45.4 Å². The molecule has 26 heavy (non-hydrogen) atoms. The van der Waals surface area contributed by atoms with E-state index in [4.69, 9.17) is 5.73 Å². The van der Waals surface area contributed by atoms with E-state index in [0.29, 0.717) is 13.1 Å². The van der Waals surface area contributed by atoms with E-state index in [0.717, 1.165) is 44.2 Å². The first kappa shape index (κ1) is 18.7. The van der Waals surface area contributed by atoms with Crippen LogP contribution in [0.3, 0.4) is 0 Å². The maximum absolute atomic E-state index is 12.9. The van der Waals surface area contributed by atoms with Crippen molar-refractivity contribution in [2.75, 3.05) is 18.4 Å². The Hall–Kier alpha value is -2.08. The van der Waals surface area contributed by atoms with Crippen LogP contribution in [-0.4, -0.2) is 41.5 Å². The van der Waals surface area contributed by atoms with Gasteiger partial charge >= 0.3 is 6.03 Å². The highest BCUT2D eigenvalue weighted by molar-refractivity contribution is 5.89. The standard InChI is InChI=1S/C20H30N4O2/c1-20(21)12-6-5-9-17(20)18(25)24-13-10-16(11-14-24)23-19(26)22-15-7-3-2-4-8-15/h2-4,7-8,16-17H,5-6,9-14,21H2,1H3,(H2,22,23,26). The maximum Gasteiger partial charge on any atom is 0.319 e. The fraction of sp³-hybridized carbons (Fsp3) is 0.600. The van der Waals surface area contributed by atoms with E-state index in [1.54, 1.807) is 0 Å². The third-order valence-corrected chi connectivity index (χ3v) is 5.73. The molecule has 1 aromatic carbocycles. The van der Waals surface area contributed by atoms with Gasteiger partial charge in [-0.2, -0.15) is 0 Å². The van der Waals surface area contributed by atoms with Crippen molar-refractivity contribution in [2.45, 2.75) is 57.0 Å². The van der Waals surface area contributed by atoms with E-state index < -0.39 is 0 Å². The molecule has 6 heteroatoms. The number of amides is 3. The van der Waals surface area contributed by atoms with Gasteiger partial charge in [0, 0.05) is 30.4 Å². The highest BCUT2D eigenvalue weighted by Crippen LogP contribution is 2.33. The van der Waals surface area contributed by atoms with Gasteiger partial charge in [0.2, 0.25) is 5.91 Å². The van der Waals surface area contributed by atoms with Crippen molar-refractivity contribution in [3.8, 4) is 0 Å². The molecule has 1 aliphatic heterocycles. The van der Waals surface area contributed by atoms with Crippen molar-refractivity contribution in [2.24, 2.45) is 11.7 Å². The largest absolute Gasteiger partial charge is 0.342 e. The van der Waals surface area contributed by atoms with E-state index >= 15 is 0 Å². The van der Waals surface area contributed by atoms with Crippen LogP contribution in [0.4, 0.5) is 10.5 Å². The molecule has 2 aliphatic rings. The molecule has 1 aliphatic carbocycles. The Bertz CT molecular complexity index is 624. The number of piperidine rings is 1. The van der Waals surface area contributed by atoms with Gasteiger partial charge in [0.15, 0.2) is 0 Å². The van der Waals surface area contributed by atoms with Crippen LogP contribution in [0.5, 0.6) is 0 Å². The van der Waals surface area contributed by atoms with Crippen LogP contribution >= 0.6 is 0 Å². The van der Waals surface area contributed by atoms with E-state index in [1.807, 2.05) is 42.2 Å². The summed E-state index contributed by atoms with van der Waals surface area (Å²) in [6.45, 7) is 3.38. The summed E-state index contributed by atoms with van der Waals surface area (Å²) in [5.41, 5.74) is 6.77. The zero-order valence-corrected chi connectivity index (χ0v) is 15.5. The van der Waals surface area contributed by atoms with Crippen LogP contribution in [0.25, 0.3) is 0 Å². The number of nitrogens with two attached hydrogens (primary N) is 1. The summed E-state index contributed by atoms with van der Waals surface area (Å²) in [5.74, 6) is 0.129. The summed E-state index contributed by atoms with van der Waals surface area (Å²) in [4.78, 5) is 26.9. The van der Waals surface area contributed by atoms with Crippen LogP contribution < -0.4 is 16.4 Å². The Kier molecular flexibility index (Phi) is 5.81. The molecule has 2 fully saturated rings. The van der Waals surface area contributed by atoms with Gasteiger partial charge in [-0.25, -0.2) is 4.79 Å². The highest BCUT2D eigenvalue weighted by atomic mass is 16.2. The normalized spacial score (nSPS) is 27.0. The summed E-state index contributed by atoms with van der Waals surface area (Å²) in [5, 5.41) is 5.85. The SMILES string of the molecule is CC1(N)CCCCC1C(=O)N1CCC(NC(=O)Nc2ccccc2)CC1. The number of hydrogen-bond acceptors (Lipinski definition) is 3. The minimum absolute atomic E-state index is 0.0675. The second-order valence-corrected chi connectivity index (χ2v) is 7.87.